The molecule has 0 amide bonds. The second kappa shape index (κ2) is 7.33. The van der Waals surface area contributed by atoms with Crippen LogP contribution in [-0.2, 0) is 25.7 Å². The quantitative estimate of drug-likeness (QED) is 0.538. The topological polar surface area (TPSA) is 0 Å². The van der Waals surface area contributed by atoms with Crippen molar-refractivity contribution in [3.8, 4) is 0 Å². The average molecular weight is 439 g/mol. The summed E-state index contributed by atoms with van der Waals surface area (Å²) in [6, 6.07) is 23.5. The van der Waals surface area contributed by atoms with E-state index < -0.39 is 0 Å². The molecule has 1 heteroatoms. The third-order valence-electron chi connectivity index (χ3n) is 5.06. The van der Waals surface area contributed by atoms with E-state index in [9.17, 15) is 0 Å². The third-order valence-corrected chi connectivity index (χ3v) is 8.39. The van der Waals surface area contributed by atoms with Crippen molar-refractivity contribution in [3.63, 3.8) is 0 Å². The Bertz CT molecular complexity index is 890. The standard InChI is InChI=1S/C24H24I/c1-17-3-4-18(2)23(15-17)25-24-16-21-10-9-19-5-7-20(8-6-19)11-13-22(24)14-12-21/h3-8,12,14-16H,9-11,13H2,1-2H3/q-1. The van der Waals surface area contributed by atoms with E-state index in [-0.39, 0.29) is 21.2 Å². The first kappa shape index (κ1) is 16.8. The van der Waals surface area contributed by atoms with Crippen molar-refractivity contribution in [3.05, 3.63) is 101 Å². The first-order valence-corrected chi connectivity index (χ1v) is 11.2. The SMILES string of the molecule is Cc1ccc(C)c([I-]c2cc3ccc2CCc2ccc(cc2)CC3)c1. The van der Waals surface area contributed by atoms with Crippen LogP contribution in [0.3, 0.4) is 0 Å². The Hall–Kier alpha value is -1.61. The number of halogens is 1. The first-order valence-electron chi connectivity index (χ1n) is 9.09. The first-order chi connectivity index (χ1) is 12.2. The van der Waals surface area contributed by atoms with E-state index in [4.69, 9.17) is 0 Å². The number of rotatable bonds is 2. The summed E-state index contributed by atoms with van der Waals surface area (Å²) >= 11 is -0.124. The van der Waals surface area contributed by atoms with E-state index in [0.29, 0.717) is 0 Å². The van der Waals surface area contributed by atoms with Crippen LogP contribution in [0, 0.1) is 21.0 Å². The normalized spacial score (nSPS) is 13.7. The van der Waals surface area contributed by atoms with Crippen LogP contribution in [0.2, 0.25) is 0 Å². The van der Waals surface area contributed by atoms with Gasteiger partial charge in [-0.15, -0.1) is 0 Å². The Labute approximate surface area is 161 Å². The van der Waals surface area contributed by atoms with E-state index in [2.05, 4.69) is 74.5 Å². The summed E-state index contributed by atoms with van der Waals surface area (Å²) in [6.07, 6.45) is 4.58. The van der Waals surface area contributed by atoms with Crippen molar-refractivity contribution in [1.29, 1.82) is 0 Å². The van der Waals surface area contributed by atoms with Crippen molar-refractivity contribution >= 4 is 0 Å². The molecule has 0 unspecified atom stereocenters. The van der Waals surface area contributed by atoms with Gasteiger partial charge in [-0.2, -0.15) is 0 Å². The molecule has 25 heavy (non-hydrogen) atoms. The summed E-state index contributed by atoms with van der Waals surface area (Å²) in [7, 11) is 0. The predicted octanol–water partition coefficient (Wildman–Crippen LogP) is 2.32. The molecule has 3 aromatic carbocycles. The minimum absolute atomic E-state index is 0.124. The molecule has 0 aliphatic heterocycles. The van der Waals surface area contributed by atoms with Crippen molar-refractivity contribution in [2.75, 3.05) is 0 Å². The van der Waals surface area contributed by atoms with E-state index in [1.54, 1.807) is 12.7 Å². The van der Waals surface area contributed by atoms with Gasteiger partial charge in [-0.25, -0.2) is 0 Å². The molecule has 4 bridgehead atoms. The molecule has 0 radical (unpaired) electrons. The molecule has 0 spiro atoms. The molecule has 0 saturated carbocycles. The van der Waals surface area contributed by atoms with Gasteiger partial charge in [-0.3, -0.25) is 0 Å². The Morgan fingerprint density at radius 2 is 1.24 bits per heavy atom. The number of hydrogen-bond acceptors (Lipinski definition) is 0. The molecule has 128 valence electrons. The van der Waals surface area contributed by atoms with Gasteiger partial charge in [0.25, 0.3) is 0 Å². The van der Waals surface area contributed by atoms with Gasteiger partial charge in [-0.05, 0) is 0 Å². The van der Waals surface area contributed by atoms with Crippen LogP contribution in [0.5, 0.6) is 0 Å². The van der Waals surface area contributed by atoms with Crippen LogP contribution in [0.1, 0.15) is 33.4 Å². The number of benzene rings is 3. The summed E-state index contributed by atoms with van der Waals surface area (Å²) in [6.45, 7) is 4.47. The summed E-state index contributed by atoms with van der Waals surface area (Å²) in [5.74, 6) is 0. The monoisotopic (exact) mass is 439 g/mol. The van der Waals surface area contributed by atoms with Gasteiger partial charge in [0.05, 0.1) is 0 Å². The number of aryl methyl sites for hydroxylation is 6. The summed E-state index contributed by atoms with van der Waals surface area (Å²) < 4.78 is 3.20. The summed E-state index contributed by atoms with van der Waals surface area (Å²) in [5, 5.41) is 0. The Morgan fingerprint density at radius 1 is 0.600 bits per heavy atom. The zero-order chi connectivity index (χ0) is 17.2. The molecule has 0 fully saturated rings. The van der Waals surface area contributed by atoms with Crippen LogP contribution < -0.4 is 21.2 Å². The van der Waals surface area contributed by atoms with Gasteiger partial charge in [0.2, 0.25) is 0 Å². The molecule has 4 aliphatic carbocycles. The Morgan fingerprint density at radius 3 is 2.00 bits per heavy atom. The maximum absolute atomic E-state index is 2.51. The van der Waals surface area contributed by atoms with Crippen LogP contribution in [0.25, 0.3) is 0 Å². The van der Waals surface area contributed by atoms with Crippen LogP contribution >= 0.6 is 0 Å². The van der Waals surface area contributed by atoms with Gasteiger partial charge in [0.15, 0.2) is 0 Å². The zero-order valence-corrected chi connectivity index (χ0v) is 17.1. The molecule has 3 aromatic rings. The average Bonchev–Trinajstić information content (AvgIpc) is 2.61. The zero-order valence-electron chi connectivity index (χ0n) is 15.0. The molecule has 0 N–H and O–H groups in total. The van der Waals surface area contributed by atoms with Crippen LogP contribution in [-0.4, -0.2) is 0 Å². The molecule has 0 nitrogen and oxygen atoms in total. The van der Waals surface area contributed by atoms with Gasteiger partial charge in [-0.1, -0.05) is 0 Å². The molecule has 4 aliphatic rings. The fourth-order valence-corrected chi connectivity index (χ4v) is 6.62. The van der Waals surface area contributed by atoms with Crippen molar-refractivity contribution in [2.45, 2.75) is 39.5 Å². The summed E-state index contributed by atoms with van der Waals surface area (Å²) in [4.78, 5) is 0. The number of hydrogen-bond donors (Lipinski definition) is 0. The Balaban J connectivity index is 1.70. The molecule has 0 aromatic heterocycles. The maximum atomic E-state index is 2.51. The van der Waals surface area contributed by atoms with E-state index in [0.717, 1.165) is 25.7 Å². The molecule has 0 saturated heterocycles. The van der Waals surface area contributed by atoms with E-state index >= 15 is 0 Å². The van der Waals surface area contributed by atoms with Gasteiger partial charge >= 0.3 is 162 Å². The van der Waals surface area contributed by atoms with Crippen LogP contribution in [0.4, 0.5) is 0 Å². The summed E-state index contributed by atoms with van der Waals surface area (Å²) in [5.41, 5.74) is 8.80. The van der Waals surface area contributed by atoms with Gasteiger partial charge < -0.3 is 0 Å². The van der Waals surface area contributed by atoms with Crippen LogP contribution in [0.15, 0.2) is 60.7 Å². The predicted molar refractivity (Wildman–Crippen MR) is 101 cm³/mol. The molecular formula is C24H24I-. The van der Waals surface area contributed by atoms with E-state index in [1.165, 1.54) is 27.8 Å². The molecule has 0 atom stereocenters. The van der Waals surface area contributed by atoms with Crippen molar-refractivity contribution in [2.24, 2.45) is 0 Å². The third kappa shape index (κ3) is 3.98. The minimum atomic E-state index is -0.124. The van der Waals surface area contributed by atoms with E-state index in [1.807, 2.05) is 0 Å². The second-order valence-corrected chi connectivity index (χ2v) is 9.95. The second-order valence-electron chi connectivity index (χ2n) is 7.09. The fourth-order valence-electron chi connectivity index (χ4n) is 3.39. The molecule has 7 rings (SSSR count). The Kier molecular flexibility index (Phi) is 4.93. The van der Waals surface area contributed by atoms with Crippen molar-refractivity contribution < 1.29 is 21.2 Å². The fraction of sp³-hybridized carbons (Fsp3) is 0.250. The van der Waals surface area contributed by atoms with Crippen molar-refractivity contribution in [1.82, 2.24) is 0 Å². The molecular weight excluding hydrogens is 415 g/mol. The molecule has 0 heterocycles. The van der Waals surface area contributed by atoms with Gasteiger partial charge in [0, 0.05) is 0 Å². The van der Waals surface area contributed by atoms with Gasteiger partial charge in [0.1, 0.15) is 0 Å².